The quantitative estimate of drug-likeness (QED) is 0.658. The molecule has 24 heavy (non-hydrogen) atoms. The van der Waals surface area contributed by atoms with Gasteiger partial charge in [0.1, 0.15) is 5.02 Å². The third-order valence-electron chi connectivity index (χ3n) is 3.78. The van der Waals surface area contributed by atoms with Gasteiger partial charge in [-0.15, -0.1) is 11.8 Å². The van der Waals surface area contributed by atoms with Crippen molar-refractivity contribution in [2.75, 3.05) is 0 Å². The average Bonchev–Trinajstić information content (AvgIpc) is 2.50. The van der Waals surface area contributed by atoms with Crippen LogP contribution in [0.15, 0.2) is 40.2 Å². The smallest absolute Gasteiger partial charge is 0.266 e. The maximum atomic E-state index is 12.4. The van der Waals surface area contributed by atoms with E-state index in [2.05, 4.69) is 12.0 Å². The van der Waals surface area contributed by atoms with Gasteiger partial charge in [-0.1, -0.05) is 49.7 Å². The minimum Gasteiger partial charge on any atom is -0.266 e. The van der Waals surface area contributed by atoms with Crippen molar-refractivity contribution in [3.05, 3.63) is 57.0 Å². The second-order valence-electron chi connectivity index (χ2n) is 7.09. The van der Waals surface area contributed by atoms with E-state index in [9.17, 15) is 4.79 Å². The van der Waals surface area contributed by atoms with Gasteiger partial charge < -0.3 is 0 Å². The van der Waals surface area contributed by atoms with E-state index in [-0.39, 0.29) is 15.8 Å². The van der Waals surface area contributed by atoms with Crippen LogP contribution in [0.25, 0.3) is 0 Å². The molecule has 0 aliphatic heterocycles. The fraction of sp³-hybridized carbons (Fsp3) is 0.474. The Morgan fingerprint density at radius 1 is 1.17 bits per heavy atom. The predicted molar refractivity (Wildman–Crippen MR) is 103 cm³/mol. The Morgan fingerprint density at radius 2 is 1.71 bits per heavy atom. The van der Waals surface area contributed by atoms with Crippen LogP contribution >= 0.6 is 23.4 Å². The Labute approximate surface area is 154 Å². The van der Waals surface area contributed by atoms with Gasteiger partial charge in [-0.3, -0.25) is 4.79 Å². The summed E-state index contributed by atoms with van der Waals surface area (Å²) in [6.45, 7) is 11.6. The fourth-order valence-corrected chi connectivity index (χ4v) is 3.56. The number of thioether (sulfide) groups is 1. The van der Waals surface area contributed by atoms with Gasteiger partial charge in [-0.25, -0.2) is 4.68 Å². The molecule has 3 nitrogen and oxygen atoms in total. The Bertz CT molecular complexity index is 804. The monoisotopic (exact) mass is 365 g/mol. The van der Waals surface area contributed by atoms with E-state index in [1.54, 1.807) is 6.20 Å². The number of benzene rings is 1. The highest BCUT2D eigenvalue weighted by atomic mass is 35.5. The first kappa shape index (κ1) is 17.6. The van der Waals surface area contributed by atoms with Gasteiger partial charge in [0.25, 0.3) is 5.56 Å². The number of nitrogens with zero attached hydrogens (tertiary/aromatic N) is 2. The van der Waals surface area contributed by atoms with Crippen LogP contribution in [-0.2, 0) is 5.54 Å². The molecule has 5 heteroatoms. The van der Waals surface area contributed by atoms with Crippen LogP contribution in [0.3, 0.4) is 0 Å². The van der Waals surface area contributed by atoms with E-state index in [1.807, 2.05) is 58.9 Å². The van der Waals surface area contributed by atoms with Gasteiger partial charge in [-0.05, 0) is 44.7 Å². The summed E-state index contributed by atoms with van der Waals surface area (Å²) < 4.78 is 9.50. The van der Waals surface area contributed by atoms with Gasteiger partial charge in [0, 0.05) is 6.62 Å². The zero-order valence-corrected chi connectivity index (χ0v) is 16.6. The highest BCUT2D eigenvalue weighted by Crippen LogP contribution is 2.37. The Hall–Kier alpha value is -1.26. The number of aromatic nitrogens is 2. The molecular weight excluding hydrogens is 340 g/mol. The van der Waals surface area contributed by atoms with Crippen molar-refractivity contribution in [2.45, 2.75) is 63.1 Å². The molecule has 0 fully saturated rings. The van der Waals surface area contributed by atoms with Crippen molar-refractivity contribution >= 4 is 23.4 Å². The lowest BCUT2D eigenvalue weighted by Gasteiger charge is -2.21. The fourth-order valence-electron chi connectivity index (χ4n) is 2.32. The van der Waals surface area contributed by atoms with E-state index < -0.39 is 11.4 Å². The van der Waals surface area contributed by atoms with Crippen molar-refractivity contribution in [1.29, 1.82) is 0 Å². The first-order valence-corrected chi connectivity index (χ1v) is 9.22. The lowest BCUT2D eigenvalue weighted by molar-refractivity contribution is 0.336. The lowest BCUT2D eigenvalue weighted by atomic mass is 10.0. The van der Waals surface area contributed by atoms with E-state index in [0.29, 0.717) is 4.90 Å². The largest absolute Gasteiger partial charge is 0.287 e. The molecule has 130 valence electrons. The third-order valence-corrected chi connectivity index (χ3v) is 5.45. The van der Waals surface area contributed by atoms with Crippen LogP contribution in [0.2, 0.25) is 5.02 Å². The summed E-state index contributed by atoms with van der Waals surface area (Å²) in [6.07, 6.45) is 1.66. The standard InChI is InChI=1S/C19H25ClN2OS/c1-12(2)14-7-9-15(10-8-14)13(3)24-16-11-21-22(19(4,5)6)18(23)17(16)20/h7-13H,1-6H3/i12D. The number of hydrogen-bond donors (Lipinski definition) is 0. The molecular formula is C19H25ClN2OS. The van der Waals surface area contributed by atoms with E-state index in [4.69, 9.17) is 13.0 Å². The molecule has 0 aliphatic rings. The summed E-state index contributed by atoms with van der Waals surface area (Å²) in [7, 11) is 0. The molecule has 0 saturated carbocycles. The molecule has 2 aromatic rings. The number of rotatable bonds is 4. The molecule has 0 spiro atoms. The van der Waals surface area contributed by atoms with Gasteiger partial charge in [0.2, 0.25) is 0 Å². The summed E-state index contributed by atoms with van der Waals surface area (Å²) in [5, 5.41) is 4.61. The van der Waals surface area contributed by atoms with Crippen LogP contribution < -0.4 is 5.56 Å². The molecule has 1 aromatic heterocycles. The number of hydrogen-bond acceptors (Lipinski definition) is 3. The Balaban J connectivity index is 2.25. The highest BCUT2D eigenvalue weighted by molar-refractivity contribution is 7.99. The average molecular weight is 366 g/mol. The van der Waals surface area contributed by atoms with E-state index >= 15 is 0 Å². The maximum Gasteiger partial charge on any atom is 0.287 e. The minimum atomic E-state index is -0.611. The van der Waals surface area contributed by atoms with Crippen LogP contribution in [0.4, 0.5) is 0 Å². The van der Waals surface area contributed by atoms with Crippen LogP contribution in [0.1, 0.15) is 65.2 Å². The molecule has 1 atom stereocenters. The molecule has 0 saturated heterocycles. The van der Waals surface area contributed by atoms with Crippen molar-refractivity contribution in [3.63, 3.8) is 0 Å². The SMILES string of the molecule is [2H]C(C)(C)c1ccc(C(C)Sc2cnn(C(C)(C)C)c(=O)c2Cl)cc1. The van der Waals surface area contributed by atoms with Crippen LogP contribution in [0, 0.1) is 0 Å². The summed E-state index contributed by atoms with van der Waals surface area (Å²) in [6, 6.07) is 8.02. The molecule has 1 aromatic carbocycles. The van der Waals surface area contributed by atoms with Gasteiger partial charge >= 0.3 is 0 Å². The van der Waals surface area contributed by atoms with Crippen molar-refractivity contribution in [2.24, 2.45) is 0 Å². The second kappa shape index (κ2) is 7.32. The molecule has 1 unspecified atom stereocenters. The molecule has 0 aliphatic carbocycles. The van der Waals surface area contributed by atoms with Gasteiger partial charge in [-0.2, -0.15) is 5.10 Å². The van der Waals surface area contributed by atoms with Crippen molar-refractivity contribution in [1.82, 2.24) is 9.78 Å². The molecule has 0 amide bonds. The predicted octanol–water partition coefficient (Wildman–Crippen LogP) is 5.63. The first-order valence-electron chi connectivity index (χ1n) is 8.46. The zero-order valence-electron chi connectivity index (χ0n) is 16.1. The normalized spacial score (nSPS) is 14.4. The summed E-state index contributed by atoms with van der Waals surface area (Å²) in [4.78, 5) is 13.1. The van der Waals surface area contributed by atoms with Crippen molar-refractivity contribution in [3.8, 4) is 0 Å². The van der Waals surface area contributed by atoms with Crippen molar-refractivity contribution < 1.29 is 1.37 Å². The Kier molecular flexibility index (Phi) is 5.36. The summed E-state index contributed by atoms with van der Waals surface area (Å²) >= 11 is 7.82. The van der Waals surface area contributed by atoms with E-state index in [1.165, 1.54) is 16.4 Å². The Morgan fingerprint density at radius 3 is 2.21 bits per heavy atom. The van der Waals surface area contributed by atoms with Crippen LogP contribution in [-0.4, -0.2) is 9.78 Å². The molecule has 2 rings (SSSR count). The topological polar surface area (TPSA) is 34.9 Å². The highest BCUT2D eigenvalue weighted by Gasteiger charge is 2.20. The van der Waals surface area contributed by atoms with Gasteiger partial charge in [0.15, 0.2) is 0 Å². The summed E-state index contributed by atoms with van der Waals surface area (Å²) in [5.74, 6) is -0.611. The lowest BCUT2D eigenvalue weighted by Crippen LogP contribution is -2.36. The number of halogens is 1. The first-order chi connectivity index (χ1) is 11.4. The molecule has 0 N–H and O–H groups in total. The van der Waals surface area contributed by atoms with E-state index in [0.717, 1.165) is 11.1 Å². The molecule has 1 heterocycles. The minimum absolute atomic E-state index is 0.118. The molecule has 0 radical (unpaired) electrons. The third kappa shape index (κ3) is 4.22. The maximum absolute atomic E-state index is 12.4. The second-order valence-corrected chi connectivity index (χ2v) is 8.85. The molecule has 0 bridgehead atoms. The van der Waals surface area contributed by atoms with Gasteiger partial charge in [0.05, 0.1) is 16.6 Å². The van der Waals surface area contributed by atoms with Crippen LogP contribution in [0.5, 0.6) is 0 Å². The summed E-state index contributed by atoms with van der Waals surface area (Å²) in [5.41, 5.74) is 1.42. The zero-order chi connectivity index (χ0) is 19.0.